The molecule has 4 aromatic carbocycles. The van der Waals surface area contributed by atoms with Gasteiger partial charge in [-0.1, -0.05) is 110 Å². The summed E-state index contributed by atoms with van der Waals surface area (Å²) < 4.78 is 0. The lowest BCUT2D eigenvalue weighted by Crippen LogP contribution is -2.65. The summed E-state index contributed by atoms with van der Waals surface area (Å²) in [6.45, 7) is 5.85. The summed E-state index contributed by atoms with van der Waals surface area (Å²) in [5.74, 6) is 0.188. The molecule has 2 heterocycles. The van der Waals surface area contributed by atoms with E-state index in [1.54, 1.807) is 5.51 Å². The van der Waals surface area contributed by atoms with Gasteiger partial charge in [-0.2, -0.15) is 0 Å². The Labute approximate surface area is 292 Å². The molecule has 1 saturated heterocycles. The number of aromatic nitrogens is 2. The number of nitrogens with one attached hydrogen (secondary N) is 1. The topological polar surface area (TPSA) is 130 Å². The van der Waals surface area contributed by atoms with E-state index in [-0.39, 0.29) is 23.9 Å². The van der Waals surface area contributed by atoms with Gasteiger partial charge in [0.15, 0.2) is 0 Å². The molecule has 1 aromatic heterocycles. The normalized spacial score (nSPS) is 17.8. The molecule has 0 aliphatic carbocycles. The second kappa shape index (κ2) is 15.9. The average molecular weight is 678 g/mol. The van der Waals surface area contributed by atoms with Crippen LogP contribution in [0.1, 0.15) is 44.2 Å². The monoisotopic (exact) mass is 677 g/mol. The zero-order valence-electron chi connectivity index (χ0n) is 28.4. The van der Waals surface area contributed by atoms with Crippen LogP contribution in [0, 0.1) is 5.92 Å². The molecule has 6 rings (SSSR count). The summed E-state index contributed by atoms with van der Waals surface area (Å²) in [4.78, 5) is 32.3. The summed E-state index contributed by atoms with van der Waals surface area (Å²) in [6.07, 6.45) is 3.15. The number of benzene rings is 4. The van der Waals surface area contributed by atoms with Gasteiger partial charge in [0.25, 0.3) is 0 Å². The Kier molecular flexibility index (Phi) is 11.2. The van der Waals surface area contributed by atoms with Crippen molar-refractivity contribution < 1.29 is 9.59 Å². The Morgan fingerprint density at radius 1 is 0.796 bits per heavy atom. The molecule has 3 unspecified atom stereocenters. The molecule has 0 radical (unpaired) electrons. The average Bonchev–Trinajstić information content (AvgIpc) is 3.63. The summed E-state index contributed by atoms with van der Waals surface area (Å²) in [7, 11) is 0. The number of hydrogen-bond donors (Lipinski definition) is 3. The van der Waals surface area contributed by atoms with E-state index >= 15 is 0 Å². The summed E-state index contributed by atoms with van der Waals surface area (Å²) in [5, 5.41) is 16.6. The van der Waals surface area contributed by atoms with Crippen LogP contribution in [0.2, 0.25) is 0 Å². The minimum atomic E-state index is -0.694. The van der Waals surface area contributed by atoms with Gasteiger partial charge < -0.3 is 26.6 Å². The molecule has 2 amide bonds. The Morgan fingerprint density at radius 2 is 1.33 bits per heavy atom. The molecule has 256 valence electrons. The molecule has 0 saturated carbocycles. The van der Waals surface area contributed by atoms with E-state index in [1.807, 2.05) is 34.1 Å². The van der Waals surface area contributed by atoms with Crippen molar-refractivity contribution in [3.8, 4) is 0 Å². The fourth-order valence-corrected chi connectivity index (χ4v) is 7.58. The zero-order chi connectivity index (χ0) is 34.3. The number of fused-ring (bicyclic) bond motifs is 2. The lowest BCUT2D eigenvalue weighted by Gasteiger charge is -2.48. The van der Waals surface area contributed by atoms with Crippen molar-refractivity contribution in [2.45, 2.75) is 70.1 Å². The second-order valence-corrected chi connectivity index (χ2v) is 14.5. The van der Waals surface area contributed by atoms with Gasteiger partial charge in [0.1, 0.15) is 5.51 Å². The minimum Gasteiger partial charge on any atom is -0.360 e. The van der Waals surface area contributed by atoms with E-state index in [0.717, 1.165) is 50.6 Å². The van der Waals surface area contributed by atoms with Crippen molar-refractivity contribution in [2.24, 2.45) is 17.4 Å². The SMILES string of the molecule is CC(C)C[C@@H]1CN(C(=O)C(N)Cc2ccc3ccccc3c2)C(CCCNc2nncs2)CN1C(=O)C(N)Cc1ccc2ccccc2c1. The van der Waals surface area contributed by atoms with E-state index in [4.69, 9.17) is 11.5 Å². The summed E-state index contributed by atoms with van der Waals surface area (Å²) >= 11 is 1.45. The molecule has 10 heteroatoms. The molecule has 5 aromatic rings. The van der Waals surface area contributed by atoms with Crippen molar-refractivity contribution in [1.29, 1.82) is 0 Å². The fraction of sp³-hybridized carbons (Fsp3) is 0.385. The van der Waals surface area contributed by atoms with Gasteiger partial charge in [-0.3, -0.25) is 9.59 Å². The quantitative estimate of drug-likeness (QED) is 0.138. The first-order valence-corrected chi connectivity index (χ1v) is 18.2. The lowest BCUT2D eigenvalue weighted by molar-refractivity contribution is -0.149. The van der Waals surface area contributed by atoms with Crippen LogP contribution < -0.4 is 16.8 Å². The minimum absolute atomic E-state index is 0.0663. The van der Waals surface area contributed by atoms with Gasteiger partial charge in [-0.05, 0) is 70.7 Å². The standard InChI is InChI=1S/C39H47N7O2S/c1-26(2)18-34-24-45(37(47)35(40)21-27-13-15-29-8-3-5-10-31(29)19-27)33(12-7-17-42-39-44-43-25-49-39)23-46(34)38(48)36(41)22-28-14-16-30-9-4-6-11-32(30)20-28/h3-6,8-11,13-16,19-20,25-26,33-36H,7,12,17-18,21-24,40-41H2,1-2H3,(H,42,44)/t33?,34-,35?,36?/m1/s1. The maximum Gasteiger partial charge on any atom is 0.240 e. The third-order valence-electron chi connectivity index (χ3n) is 9.53. The first kappa shape index (κ1) is 34.5. The highest BCUT2D eigenvalue weighted by Gasteiger charge is 2.40. The first-order valence-electron chi connectivity index (χ1n) is 17.3. The number of rotatable bonds is 13. The van der Waals surface area contributed by atoms with Crippen molar-refractivity contribution in [1.82, 2.24) is 20.0 Å². The largest absolute Gasteiger partial charge is 0.360 e. The summed E-state index contributed by atoms with van der Waals surface area (Å²) in [5.41, 5.74) is 17.2. The molecule has 9 nitrogen and oxygen atoms in total. The molecular formula is C39H47N7O2S. The van der Waals surface area contributed by atoms with Crippen LogP contribution in [0.4, 0.5) is 5.13 Å². The first-order chi connectivity index (χ1) is 23.7. The number of piperazine rings is 1. The third kappa shape index (κ3) is 8.62. The predicted octanol–water partition coefficient (Wildman–Crippen LogP) is 5.63. The van der Waals surface area contributed by atoms with E-state index < -0.39 is 12.1 Å². The summed E-state index contributed by atoms with van der Waals surface area (Å²) in [6, 6.07) is 27.2. The van der Waals surface area contributed by atoms with Gasteiger partial charge in [-0.15, -0.1) is 10.2 Å². The molecule has 1 fully saturated rings. The highest BCUT2D eigenvalue weighted by Crippen LogP contribution is 2.27. The van der Waals surface area contributed by atoms with Gasteiger partial charge in [0.2, 0.25) is 16.9 Å². The van der Waals surface area contributed by atoms with Gasteiger partial charge in [-0.25, -0.2) is 0 Å². The van der Waals surface area contributed by atoms with Crippen LogP contribution in [-0.2, 0) is 22.4 Å². The Balaban J connectivity index is 1.20. The van der Waals surface area contributed by atoms with Gasteiger partial charge >= 0.3 is 0 Å². The smallest absolute Gasteiger partial charge is 0.240 e. The van der Waals surface area contributed by atoms with E-state index in [2.05, 4.69) is 90.0 Å². The Bertz CT molecular complexity index is 1860. The van der Waals surface area contributed by atoms with Crippen LogP contribution in [0.25, 0.3) is 21.5 Å². The second-order valence-electron chi connectivity index (χ2n) is 13.7. The number of carbonyl (C=O) groups is 2. The van der Waals surface area contributed by atoms with E-state index in [1.165, 1.54) is 11.3 Å². The van der Waals surface area contributed by atoms with E-state index in [0.29, 0.717) is 44.8 Å². The third-order valence-corrected chi connectivity index (χ3v) is 10.2. The Hall–Kier alpha value is -4.38. The van der Waals surface area contributed by atoms with Gasteiger partial charge in [0.05, 0.1) is 12.1 Å². The highest BCUT2D eigenvalue weighted by atomic mass is 32.1. The predicted molar refractivity (Wildman–Crippen MR) is 199 cm³/mol. The zero-order valence-corrected chi connectivity index (χ0v) is 29.2. The number of hydrogen-bond acceptors (Lipinski definition) is 8. The van der Waals surface area contributed by atoms with Gasteiger partial charge in [0, 0.05) is 31.7 Å². The number of amides is 2. The number of nitrogens with zero attached hydrogens (tertiary/aromatic N) is 4. The van der Waals surface area contributed by atoms with Crippen molar-refractivity contribution >= 4 is 49.8 Å². The van der Waals surface area contributed by atoms with Crippen LogP contribution >= 0.6 is 11.3 Å². The highest BCUT2D eigenvalue weighted by molar-refractivity contribution is 7.13. The number of anilines is 1. The molecule has 4 atom stereocenters. The van der Waals surface area contributed by atoms with Crippen LogP contribution in [0.5, 0.6) is 0 Å². The van der Waals surface area contributed by atoms with Crippen molar-refractivity contribution in [2.75, 3.05) is 25.0 Å². The van der Waals surface area contributed by atoms with Crippen LogP contribution in [-0.4, -0.2) is 75.6 Å². The van der Waals surface area contributed by atoms with Crippen molar-refractivity contribution in [3.05, 3.63) is 102 Å². The maximum atomic E-state index is 14.2. The molecule has 0 bridgehead atoms. The lowest BCUT2D eigenvalue weighted by atomic mass is 9.93. The molecular weight excluding hydrogens is 631 g/mol. The number of nitrogens with two attached hydrogens (primary N) is 2. The van der Waals surface area contributed by atoms with Crippen LogP contribution in [0.15, 0.2) is 90.4 Å². The van der Waals surface area contributed by atoms with E-state index in [9.17, 15) is 9.59 Å². The molecule has 49 heavy (non-hydrogen) atoms. The molecule has 1 aliphatic heterocycles. The molecule has 1 aliphatic rings. The van der Waals surface area contributed by atoms with Crippen LogP contribution in [0.3, 0.4) is 0 Å². The molecule has 0 spiro atoms. The maximum absolute atomic E-state index is 14.2. The number of carbonyl (C=O) groups excluding carboxylic acids is 2. The molecule has 5 N–H and O–H groups in total. The van der Waals surface area contributed by atoms with Crippen molar-refractivity contribution in [3.63, 3.8) is 0 Å². The fourth-order valence-electron chi connectivity index (χ4n) is 7.11. The Morgan fingerprint density at radius 3 is 1.86 bits per heavy atom.